The van der Waals surface area contributed by atoms with Crippen LogP contribution in [0.2, 0.25) is 0 Å². The van der Waals surface area contributed by atoms with E-state index in [2.05, 4.69) is 34.8 Å². The van der Waals surface area contributed by atoms with Crippen molar-refractivity contribution >= 4 is 5.91 Å². The number of ether oxygens (including phenoxy) is 1. The summed E-state index contributed by atoms with van der Waals surface area (Å²) in [5.74, 6) is 1.98. The van der Waals surface area contributed by atoms with Crippen molar-refractivity contribution in [3.63, 3.8) is 0 Å². The molecule has 1 saturated carbocycles. The van der Waals surface area contributed by atoms with Crippen LogP contribution in [0.25, 0.3) is 0 Å². The molecule has 1 aliphatic carbocycles. The van der Waals surface area contributed by atoms with Crippen molar-refractivity contribution in [3.8, 4) is 0 Å². The molecule has 1 spiro atoms. The highest BCUT2D eigenvalue weighted by Gasteiger charge is 2.50. The van der Waals surface area contributed by atoms with Crippen LogP contribution in [0.15, 0.2) is 24.5 Å². The van der Waals surface area contributed by atoms with Gasteiger partial charge in [-0.3, -0.25) is 9.78 Å². The number of likely N-dealkylation sites (tertiary alicyclic amines) is 2. The monoisotopic (exact) mass is 385 g/mol. The van der Waals surface area contributed by atoms with Gasteiger partial charge >= 0.3 is 0 Å². The molecule has 3 aliphatic rings. The highest BCUT2D eigenvalue weighted by molar-refractivity contribution is 5.79. The second kappa shape index (κ2) is 8.50. The minimum Gasteiger partial charge on any atom is -0.376 e. The maximum absolute atomic E-state index is 13.1. The smallest absolute Gasteiger partial charge is 0.225 e. The van der Waals surface area contributed by atoms with Crippen LogP contribution < -0.4 is 0 Å². The van der Waals surface area contributed by atoms with Crippen LogP contribution in [0, 0.1) is 23.2 Å². The summed E-state index contributed by atoms with van der Waals surface area (Å²) in [5.41, 5.74) is 1.33. The summed E-state index contributed by atoms with van der Waals surface area (Å²) >= 11 is 0. The number of hydrogen-bond acceptors (Lipinski definition) is 4. The second-order valence-corrected chi connectivity index (χ2v) is 9.60. The van der Waals surface area contributed by atoms with Crippen LogP contribution in [0.1, 0.15) is 44.6 Å². The molecule has 2 atom stereocenters. The van der Waals surface area contributed by atoms with Crippen molar-refractivity contribution in [2.45, 2.75) is 45.6 Å². The summed E-state index contributed by atoms with van der Waals surface area (Å²) in [6.45, 7) is 7.70. The fourth-order valence-corrected chi connectivity index (χ4v) is 5.64. The Morgan fingerprint density at radius 2 is 2.11 bits per heavy atom. The molecule has 1 amide bonds. The molecule has 0 unspecified atom stereocenters. The van der Waals surface area contributed by atoms with Gasteiger partial charge in [-0.15, -0.1) is 0 Å². The van der Waals surface area contributed by atoms with E-state index < -0.39 is 0 Å². The molecular weight excluding hydrogens is 350 g/mol. The van der Waals surface area contributed by atoms with Gasteiger partial charge in [-0.25, -0.2) is 0 Å². The maximum atomic E-state index is 13.1. The van der Waals surface area contributed by atoms with E-state index in [9.17, 15) is 4.79 Å². The molecular formula is C23H35N3O2. The Kier molecular flexibility index (Phi) is 6.02. The van der Waals surface area contributed by atoms with Crippen molar-refractivity contribution < 1.29 is 9.53 Å². The molecule has 3 fully saturated rings. The van der Waals surface area contributed by atoms with E-state index >= 15 is 0 Å². The van der Waals surface area contributed by atoms with Gasteiger partial charge < -0.3 is 14.5 Å². The van der Waals surface area contributed by atoms with Crippen molar-refractivity contribution in [3.05, 3.63) is 30.1 Å². The van der Waals surface area contributed by atoms with Gasteiger partial charge in [0.25, 0.3) is 0 Å². The van der Waals surface area contributed by atoms with Crippen LogP contribution in [0.3, 0.4) is 0 Å². The summed E-state index contributed by atoms with van der Waals surface area (Å²) in [6.07, 6.45) is 9.38. The molecule has 5 nitrogen and oxygen atoms in total. The molecule has 0 radical (unpaired) electrons. The molecule has 0 N–H and O–H groups in total. The van der Waals surface area contributed by atoms with E-state index in [-0.39, 0.29) is 11.3 Å². The molecule has 1 aromatic rings. The number of carbonyl (C=O) groups excluding carboxylic acids is 1. The molecule has 2 aliphatic heterocycles. The highest BCUT2D eigenvalue weighted by atomic mass is 16.5. The minimum atomic E-state index is 0.210. The standard InChI is InChI=1S/C23H35N3O2/c1-18-5-7-20(8-6-18)22(27)26-11-9-23(17-26)16-25(2)13-21(23)15-28-14-19-4-3-10-24-12-19/h3-4,10,12,18,20-21H,5-9,11,13-17H2,1-2H3/t18?,20?,21-,23-/m1/s1. The number of amides is 1. The zero-order valence-electron chi connectivity index (χ0n) is 17.5. The first-order chi connectivity index (χ1) is 13.6. The normalized spacial score (nSPS) is 33.6. The Morgan fingerprint density at radius 1 is 1.29 bits per heavy atom. The number of hydrogen-bond donors (Lipinski definition) is 0. The van der Waals surface area contributed by atoms with Crippen molar-refractivity contribution in [1.29, 1.82) is 0 Å². The van der Waals surface area contributed by atoms with E-state index in [0.29, 0.717) is 18.4 Å². The average Bonchev–Trinajstić information content (AvgIpc) is 3.26. The summed E-state index contributed by atoms with van der Waals surface area (Å²) in [4.78, 5) is 21.9. The van der Waals surface area contributed by atoms with Crippen LogP contribution in [0.5, 0.6) is 0 Å². The number of carbonyl (C=O) groups is 1. The molecule has 0 bridgehead atoms. The van der Waals surface area contributed by atoms with E-state index in [1.165, 1.54) is 12.8 Å². The van der Waals surface area contributed by atoms with Gasteiger partial charge in [-0.2, -0.15) is 0 Å². The topological polar surface area (TPSA) is 45.7 Å². The van der Waals surface area contributed by atoms with Gasteiger partial charge in [0.1, 0.15) is 0 Å². The number of aromatic nitrogens is 1. The summed E-state index contributed by atoms with van der Waals surface area (Å²) < 4.78 is 6.09. The third-order valence-electron chi connectivity index (χ3n) is 7.36. The Bertz CT molecular complexity index is 659. The summed E-state index contributed by atoms with van der Waals surface area (Å²) in [6, 6.07) is 4.01. The quantitative estimate of drug-likeness (QED) is 0.781. The van der Waals surface area contributed by atoms with Crippen LogP contribution >= 0.6 is 0 Å². The Balaban J connectivity index is 1.34. The predicted octanol–water partition coefficient (Wildman–Crippen LogP) is 3.20. The van der Waals surface area contributed by atoms with Crippen molar-refractivity contribution in [2.75, 3.05) is 39.8 Å². The molecule has 4 rings (SSSR count). The van der Waals surface area contributed by atoms with Gasteiger partial charge in [0.05, 0.1) is 13.2 Å². The number of rotatable bonds is 5. The van der Waals surface area contributed by atoms with Crippen LogP contribution in [0.4, 0.5) is 0 Å². The SMILES string of the molecule is CC1CCC(C(=O)N2CC[C@@]3(CN(C)C[C@@H]3COCc3cccnc3)C2)CC1. The van der Waals surface area contributed by atoms with E-state index in [4.69, 9.17) is 4.74 Å². The molecule has 1 aromatic heterocycles. The van der Waals surface area contributed by atoms with Gasteiger partial charge in [-0.05, 0) is 56.7 Å². The third-order valence-corrected chi connectivity index (χ3v) is 7.36. The molecule has 3 heterocycles. The minimum absolute atomic E-state index is 0.210. The third kappa shape index (κ3) is 4.25. The van der Waals surface area contributed by atoms with E-state index in [0.717, 1.165) is 63.5 Å². The van der Waals surface area contributed by atoms with Gasteiger partial charge in [0.15, 0.2) is 0 Å². The largest absolute Gasteiger partial charge is 0.376 e. The first-order valence-corrected chi connectivity index (χ1v) is 11.0. The second-order valence-electron chi connectivity index (χ2n) is 9.60. The lowest BCUT2D eigenvalue weighted by atomic mass is 9.77. The molecule has 154 valence electrons. The van der Waals surface area contributed by atoms with E-state index in [1.54, 1.807) is 6.20 Å². The zero-order chi connectivity index (χ0) is 19.6. The van der Waals surface area contributed by atoms with Gasteiger partial charge in [0.2, 0.25) is 5.91 Å². The lowest BCUT2D eigenvalue weighted by Gasteiger charge is -2.32. The maximum Gasteiger partial charge on any atom is 0.225 e. The van der Waals surface area contributed by atoms with Crippen LogP contribution in [-0.2, 0) is 16.1 Å². The summed E-state index contributed by atoms with van der Waals surface area (Å²) in [5, 5.41) is 0. The molecule has 2 saturated heterocycles. The first kappa shape index (κ1) is 19.8. The molecule has 5 heteroatoms. The summed E-state index contributed by atoms with van der Waals surface area (Å²) in [7, 11) is 2.20. The van der Waals surface area contributed by atoms with Gasteiger partial charge in [0, 0.05) is 55.8 Å². The Labute approximate surface area is 169 Å². The average molecular weight is 386 g/mol. The predicted molar refractivity (Wildman–Crippen MR) is 110 cm³/mol. The number of pyridine rings is 1. The Hall–Kier alpha value is -1.46. The van der Waals surface area contributed by atoms with Gasteiger partial charge in [-0.1, -0.05) is 13.0 Å². The molecule has 0 aromatic carbocycles. The first-order valence-electron chi connectivity index (χ1n) is 11.0. The fourth-order valence-electron chi connectivity index (χ4n) is 5.64. The lowest BCUT2D eigenvalue weighted by molar-refractivity contribution is -0.136. The Morgan fingerprint density at radius 3 is 2.86 bits per heavy atom. The highest BCUT2D eigenvalue weighted by Crippen LogP contribution is 2.44. The fraction of sp³-hybridized carbons (Fsp3) is 0.739. The van der Waals surface area contributed by atoms with E-state index in [1.807, 2.05) is 12.3 Å². The zero-order valence-corrected chi connectivity index (χ0v) is 17.5. The number of nitrogens with zero attached hydrogens (tertiary/aromatic N) is 3. The van der Waals surface area contributed by atoms with Crippen molar-refractivity contribution in [2.24, 2.45) is 23.2 Å². The lowest BCUT2D eigenvalue weighted by Crippen LogP contribution is -2.40. The van der Waals surface area contributed by atoms with Crippen LogP contribution in [-0.4, -0.2) is 60.5 Å². The molecule has 28 heavy (non-hydrogen) atoms. The van der Waals surface area contributed by atoms with Crippen molar-refractivity contribution in [1.82, 2.24) is 14.8 Å².